The predicted molar refractivity (Wildman–Crippen MR) is 76.7 cm³/mol. The highest BCUT2D eigenvalue weighted by Crippen LogP contribution is 2.23. The van der Waals surface area contributed by atoms with E-state index in [1.165, 1.54) is 0 Å². The molecule has 0 spiro atoms. The monoisotopic (exact) mass is 285 g/mol. The molecule has 4 nitrogen and oxygen atoms in total. The minimum absolute atomic E-state index is 0.433. The first-order valence-corrected chi connectivity index (χ1v) is 6.51. The predicted octanol–water partition coefficient (Wildman–Crippen LogP) is 3.61. The van der Waals surface area contributed by atoms with Gasteiger partial charge in [0.25, 0.3) is 0 Å². The number of nitrogens with one attached hydrogen (secondary N) is 1. The lowest BCUT2D eigenvalue weighted by atomic mass is 10.1. The number of hydrogen-bond acceptors (Lipinski definition) is 3. The van der Waals surface area contributed by atoms with E-state index in [4.69, 9.17) is 16.3 Å². The van der Waals surface area contributed by atoms with E-state index in [-0.39, 0.29) is 0 Å². The molecule has 0 aromatic heterocycles. The summed E-state index contributed by atoms with van der Waals surface area (Å²) in [5.74, 6) is 0. The van der Waals surface area contributed by atoms with Gasteiger partial charge >= 0.3 is 6.09 Å². The van der Waals surface area contributed by atoms with Crippen molar-refractivity contribution >= 4 is 23.4 Å². The van der Waals surface area contributed by atoms with E-state index >= 15 is 0 Å². The Morgan fingerprint density at radius 1 is 1.47 bits per heavy atom. The average molecular weight is 286 g/mol. The highest BCUT2D eigenvalue weighted by Gasteiger charge is 2.17. The molecule has 1 aromatic carbocycles. The molecule has 1 aromatic rings. The number of carbonyl (C=O) groups is 1. The summed E-state index contributed by atoms with van der Waals surface area (Å²) in [6, 6.07) is 5.14. The van der Waals surface area contributed by atoms with Crippen molar-refractivity contribution in [3.63, 3.8) is 0 Å². The largest absolute Gasteiger partial charge is 0.444 e. The molecule has 0 aliphatic heterocycles. The zero-order valence-corrected chi connectivity index (χ0v) is 12.4. The number of aliphatic hydroxyl groups excluding tert-OH is 1. The Balaban J connectivity index is 2.86. The van der Waals surface area contributed by atoms with Crippen LogP contribution in [-0.2, 0) is 11.2 Å². The van der Waals surface area contributed by atoms with E-state index in [2.05, 4.69) is 5.32 Å². The fraction of sp³-hybridized carbons (Fsp3) is 0.500. The number of hydrogen-bond donors (Lipinski definition) is 2. The van der Waals surface area contributed by atoms with Crippen LogP contribution in [0.25, 0.3) is 0 Å². The van der Waals surface area contributed by atoms with Crippen LogP contribution in [0.4, 0.5) is 10.5 Å². The normalized spacial score (nSPS) is 12.9. The molecule has 1 amide bonds. The van der Waals surface area contributed by atoms with Crippen molar-refractivity contribution in [2.75, 3.05) is 5.32 Å². The molecule has 0 fully saturated rings. The summed E-state index contributed by atoms with van der Waals surface area (Å²) in [4.78, 5) is 11.7. The number of carbonyl (C=O) groups excluding carboxylic acids is 1. The Labute approximate surface area is 118 Å². The van der Waals surface area contributed by atoms with E-state index in [9.17, 15) is 9.90 Å². The molecule has 0 saturated heterocycles. The first-order valence-electron chi connectivity index (χ1n) is 6.14. The zero-order valence-electron chi connectivity index (χ0n) is 11.7. The summed E-state index contributed by atoms with van der Waals surface area (Å²) in [6.45, 7) is 7.07. The van der Waals surface area contributed by atoms with E-state index < -0.39 is 17.8 Å². The van der Waals surface area contributed by atoms with Gasteiger partial charge in [0.1, 0.15) is 5.60 Å². The molecule has 0 radical (unpaired) electrons. The average Bonchev–Trinajstić information content (AvgIpc) is 2.18. The van der Waals surface area contributed by atoms with Gasteiger partial charge in [0, 0.05) is 17.1 Å². The molecule has 1 atom stereocenters. The SMILES string of the molecule is CC(O)Cc1ccc(Cl)cc1NC(=O)OC(C)(C)C. The Kier molecular flexibility index (Phi) is 5.20. The second kappa shape index (κ2) is 6.26. The van der Waals surface area contributed by atoms with Crippen LogP contribution >= 0.6 is 11.6 Å². The van der Waals surface area contributed by atoms with Gasteiger partial charge in [0.15, 0.2) is 0 Å². The number of ether oxygens (including phenoxy) is 1. The van der Waals surface area contributed by atoms with Gasteiger partial charge in [-0.1, -0.05) is 17.7 Å². The van der Waals surface area contributed by atoms with E-state index in [0.29, 0.717) is 17.1 Å². The second-order valence-corrected chi connectivity index (χ2v) is 5.92. The second-order valence-electron chi connectivity index (χ2n) is 5.48. The standard InChI is InChI=1S/C14H20ClNO3/c1-9(17)7-10-5-6-11(15)8-12(10)16-13(18)19-14(2,3)4/h5-6,8-9,17H,7H2,1-4H3,(H,16,18). The maximum Gasteiger partial charge on any atom is 0.412 e. The third kappa shape index (κ3) is 5.94. The minimum atomic E-state index is -0.562. The van der Waals surface area contributed by atoms with Crippen molar-refractivity contribution in [1.29, 1.82) is 0 Å². The quantitative estimate of drug-likeness (QED) is 0.892. The van der Waals surface area contributed by atoms with Crippen molar-refractivity contribution in [2.24, 2.45) is 0 Å². The molecule has 19 heavy (non-hydrogen) atoms. The zero-order chi connectivity index (χ0) is 14.6. The van der Waals surface area contributed by atoms with Crippen molar-refractivity contribution < 1.29 is 14.6 Å². The van der Waals surface area contributed by atoms with Crippen LogP contribution in [0.2, 0.25) is 5.02 Å². The van der Waals surface area contributed by atoms with Crippen LogP contribution in [0.5, 0.6) is 0 Å². The van der Waals surface area contributed by atoms with Crippen molar-refractivity contribution in [1.82, 2.24) is 0 Å². The van der Waals surface area contributed by atoms with Gasteiger partial charge in [-0.3, -0.25) is 5.32 Å². The molecule has 106 valence electrons. The number of amides is 1. The van der Waals surface area contributed by atoms with Crippen molar-refractivity contribution in [3.8, 4) is 0 Å². The minimum Gasteiger partial charge on any atom is -0.444 e. The summed E-state index contributed by atoms with van der Waals surface area (Å²) in [5, 5.41) is 12.6. The third-order valence-electron chi connectivity index (χ3n) is 2.22. The smallest absolute Gasteiger partial charge is 0.412 e. The molecule has 0 bridgehead atoms. The third-order valence-corrected chi connectivity index (χ3v) is 2.46. The van der Waals surface area contributed by atoms with Gasteiger partial charge in [-0.15, -0.1) is 0 Å². The number of aliphatic hydroxyl groups is 1. The Hall–Kier alpha value is -1.26. The highest BCUT2D eigenvalue weighted by molar-refractivity contribution is 6.31. The molecular formula is C14H20ClNO3. The fourth-order valence-electron chi connectivity index (χ4n) is 1.57. The number of anilines is 1. The van der Waals surface area contributed by atoms with Gasteiger partial charge in [-0.05, 0) is 45.4 Å². The van der Waals surface area contributed by atoms with Crippen LogP contribution in [0.3, 0.4) is 0 Å². The molecule has 0 aliphatic carbocycles. The van der Waals surface area contributed by atoms with E-state index in [1.54, 1.807) is 45.9 Å². The molecule has 5 heteroatoms. The lowest BCUT2D eigenvalue weighted by Gasteiger charge is -2.20. The van der Waals surface area contributed by atoms with E-state index in [0.717, 1.165) is 5.56 Å². The molecule has 1 rings (SSSR count). The van der Waals surface area contributed by atoms with Crippen LogP contribution < -0.4 is 5.32 Å². The van der Waals surface area contributed by atoms with Gasteiger partial charge in [-0.2, -0.15) is 0 Å². The topological polar surface area (TPSA) is 58.6 Å². The number of halogens is 1. The maximum absolute atomic E-state index is 11.7. The van der Waals surface area contributed by atoms with Gasteiger partial charge in [0.05, 0.1) is 6.10 Å². The summed E-state index contributed by atoms with van der Waals surface area (Å²) in [6.07, 6.45) is -0.607. The summed E-state index contributed by atoms with van der Waals surface area (Å²) >= 11 is 5.92. The molecule has 2 N–H and O–H groups in total. The number of benzene rings is 1. The van der Waals surface area contributed by atoms with E-state index in [1.807, 2.05) is 0 Å². The van der Waals surface area contributed by atoms with Gasteiger partial charge in [-0.25, -0.2) is 4.79 Å². The van der Waals surface area contributed by atoms with Crippen molar-refractivity contribution in [2.45, 2.75) is 45.8 Å². The molecular weight excluding hydrogens is 266 g/mol. The van der Waals surface area contributed by atoms with Crippen molar-refractivity contribution in [3.05, 3.63) is 28.8 Å². The summed E-state index contributed by atoms with van der Waals surface area (Å²) < 4.78 is 5.19. The fourth-order valence-corrected chi connectivity index (χ4v) is 1.75. The Morgan fingerprint density at radius 3 is 2.63 bits per heavy atom. The van der Waals surface area contributed by atoms with Crippen LogP contribution in [0, 0.1) is 0 Å². The van der Waals surface area contributed by atoms with Gasteiger partial charge in [0.2, 0.25) is 0 Å². The molecule has 0 aliphatic rings. The summed E-state index contributed by atoms with van der Waals surface area (Å²) in [5.41, 5.74) is 0.806. The van der Waals surface area contributed by atoms with Crippen LogP contribution in [0.15, 0.2) is 18.2 Å². The first kappa shape index (κ1) is 15.8. The molecule has 1 unspecified atom stereocenters. The highest BCUT2D eigenvalue weighted by atomic mass is 35.5. The molecule has 0 saturated carbocycles. The van der Waals surface area contributed by atoms with Crippen LogP contribution in [0.1, 0.15) is 33.3 Å². The Morgan fingerprint density at radius 2 is 2.11 bits per heavy atom. The van der Waals surface area contributed by atoms with Crippen LogP contribution in [-0.4, -0.2) is 22.9 Å². The molecule has 0 heterocycles. The lowest BCUT2D eigenvalue weighted by molar-refractivity contribution is 0.0635. The first-order chi connectivity index (χ1) is 8.67. The maximum atomic E-state index is 11.7. The van der Waals surface area contributed by atoms with Gasteiger partial charge < -0.3 is 9.84 Å². The number of rotatable bonds is 3. The lowest BCUT2D eigenvalue weighted by Crippen LogP contribution is -2.27. The summed E-state index contributed by atoms with van der Waals surface area (Å²) in [7, 11) is 0. The Bertz CT molecular complexity index is 452.